The first-order valence-electron chi connectivity index (χ1n) is 11.7. The molecule has 34 heavy (non-hydrogen) atoms. The fraction of sp³-hybridized carbons (Fsp3) is 0.308. The molecular weight excluding hydrogens is 446 g/mol. The van der Waals surface area contributed by atoms with Gasteiger partial charge in [-0.1, -0.05) is 61.4 Å². The molecule has 0 unspecified atom stereocenters. The van der Waals surface area contributed by atoms with Gasteiger partial charge in [0.15, 0.2) is 0 Å². The Bertz CT molecular complexity index is 1350. The highest BCUT2D eigenvalue weighted by Gasteiger charge is 2.16. The van der Waals surface area contributed by atoms with Gasteiger partial charge in [-0.3, -0.25) is 0 Å². The molecule has 0 radical (unpaired) electrons. The van der Waals surface area contributed by atoms with Crippen LogP contribution in [-0.2, 0) is 16.6 Å². The summed E-state index contributed by atoms with van der Waals surface area (Å²) in [4.78, 5) is 9.56. The second-order valence-corrected chi connectivity index (χ2v) is 9.96. The van der Waals surface area contributed by atoms with E-state index in [-0.39, 0.29) is 0 Å². The van der Waals surface area contributed by atoms with E-state index in [2.05, 4.69) is 25.3 Å². The standard InChI is InChI=1S/C26H31N5O2S/c1-27-26-22-14-6-7-15-23(22)30-25(31-26)19-28-17-8-2-3-9-18-29-34(32,33)24-16-10-12-20-11-4-5-13-21(20)24/h4-7,10-16,28-29H,2-3,8-9,17-19H2,1H3,(H,27,30,31). The first-order valence-corrected chi connectivity index (χ1v) is 13.2. The van der Waals surface area contributed by atoms with E-state index in [1.807, 2.05) is 61.6 Å². The summed E-state index contributed by atoms with van der Waals surface area (Å²) in [5.74, 6) is 1.61. The van der Waals surface area contributed by atoms with Crippen molar-refractivity contribution in [3.05, 3.63) is 72.6 Å². The number of anilines is 1. The Morgan fingerprint density at radius 1 is 0.765 bits per heavy atom. The Balaban J connectivity index is 1.16. The molecule has 0 aliphatic rings. The molecule has 7 nitrogen and oxygen atoms in total. The van der Waals surface area contributed by atoms with E-state index in [9.17, 15) is 8.42 Å². The Morgan fingerprint density at radius 2 is 1.47 bits per heavy atom. The van der Waals surface area contributed by atoms with Crippen molar-refractivity contribution in [2.75, 3.05) is 25.5 Å². The number of nitrogens with one attached hydrogen (secondary N) is 3. The van der Waals surface area contributed by atoms with Crippen LogP contribution in [0.15, 0.2) is 71.6 Å². The summed E-state index contributed by atoms with van der Waals surface area (Å²) in [6.07, 6.45) is 3.82. The van der Waals surface area contributed by atoms with E-state index in [0.717, 1.165) is 65.5 Å². The normalized spacial score (nSPS) is 11.8. The van der Waals surface area contributed by atoms with Crippen LogP contribution in [0, 0.1) is 0 Å². The zero-order valence-corrected chi connectivity index (χ0v) is 20.2. The van der Waals surface area contributed by atoms with E-state index in [4.69, 9.17) is 0 Å². The van der Waals surface area contributed by atoms with E-state index in [1.54, 1.807) is 12.1 Å². The fourth-order valence-electron chi connectivity index (χ4n) is 4.04. The molecular formula is C26H31N5O2S. The summed E-state index contributed by atoms with van der Waals surface area (Å²) in [6.45, 7) is 1.92. The van der Waals surface area contributed by atoms with Gasteiger partial charge in [-0.2, -0.15) is 0 Å². The van der Waals surface area contributed by atoms with Crippen LogP contribution in [0.1, 0.15) is 31.5 Å². The van der Waals surface area contributed by atoms with Crippen LogP contribution in [0.2, 0.25) is 0 Å². The quantitative estimate of drug-likeness (QED) is 0.261. The average Bonchev–Trinajstić information content (AvgIpc) is 2.86. The largest absolute Gasteiger partial charge is 0.373 e. The monoisotopic (exact) mass is 477 g/mol. The number of nitrogens with zero attached hydrogens (tertiary/aromatic N) is 2. The number of benzene rings is 3. The lowest BCUT2D eigenvalue weighted by Gasteiger charge is -2.10. The van der Waals surface area contributed by atoms with Crippen molar-refractivity contribution in [3.63, 3.8) is 0 Å². The molecule has 4 rings (SSSR count). The maximum Gasteiger partial charge on any atom is 0.241 e. The number of unbranched alkanes of at least 4 members (excludes halogenated alkanes) is 3. The van der Waals surface area contributed by atoms with Gasteiger partial charge in [-0.25, -0.2) is 23.1 Å². The average molecular weight is 478 g/mol. The molecule has 0 atom stereocenters. The molecule has 178 valence electrons. The Kier molecular flexibility index (Phi) is 8.05. The van der Waals surface area contributed by atoms with Gasteiger partial charge in [0.2, 0.25) is 10.0 Å². The molecule has 3 aromatic carbocycles. The van der Waals surface area contributed by atoms with Gasteiger partial charge in [0.25, 0.3) is 0 Å². The van der Waals surface area contributed by atoms with Crippen LogP contribution in [0.5, 0.6) is 0 Å². The van der Waals surface area contributed by atoms with E-state index < -0.39 is 10.0 Å². The molecule has 1 heterocycles. The molecule has 0 amide bonds. The van der Waals surface area contributed by atoms with Crippen molar-refractivity contribution in [2.45, 2.75) is 37.1 Å². The third-order valence-electron chi connectivity index (χ3n) is 5.78. The summed E-state index contributed by atoms with van der Waals surface area (Å²) >= 11 is 0. The van der Waals surface area contributed by atoms with Crippen LogP contribution in [0.3, 0.4) is 0 Å². The molecule has 0 saturated carbocycles. The first-order chi connectivity index (χ1) is 16.6. The smallest absolute Gasteiger partial charge is 0.241 e. The molecule has 0 fully saturated rings. The Labute approximate surface area is 201 Å². The molecule has 0 aliphatic heterocycles. The molecule has 0 saturated heterocycles. The highest BCUT2D eigenvalue weighted by molar-refractivity contribution is 7.89. The minimum atomic E-state index is -3.52. The van der Waals surface area contributed by atoms with Gasteiger partial charge >= 0.3 is 0 Å². The Hall–Kier alpha value is -3.07. The molecule has 4 aromatic rings. The minimum Gasteiger partial charge on any atom is -0.373 e. The van der Waals surface area contributed by atoms with Gasteiger partial charge in [-0.15, -0.1) is 0 Å². The highest BCUT2D eigenvalue weighted by Crippen LogP contribution is 2.22. The second-order valence-electron chi connectivity index (χ2n) is 8.22. The van der Waals surface area contributed by atoms with Crippen molar-refractivity contribution < 1.29 is 8.42 Å². The number of fused-ring (bicyclic) bond motifs is 2. The maximum absolute atomic E-state index is 12.7. The van der Waals surface area contributed by atoms with Gasteiger partial charge in [0, 0.05) is 24.4 Å². The van der Waals surface area contributed by atoms with E-state index in [1.165, 1.54) is 0 Å². The van der Waals surface area contributed by atoms with Crippen molar-refractivity contribution in [2.24, 2.45) is 0 Å². The first kappa shape index (κ1) is 24.1. The summed E-state index contributed by atoms with van der Waals surface area (Å²) < 4.78 is 28.2. The molecule has 0 aliphatic carbocycles. The van der Waals surface area contributed by atoms with E-state index >= 15 is 0 Å². The number of hydrogen-bond acceptors (Lipinski definition) is 6. The molecule has 8 heteroatoms. The maximum atomic E-state index is 12.7. The Morgan fingerprint density at radius 3 is 2.29 bits per heavy atom. The van der Waals surface area contributed by atoms with Crippen LogP contribution in [-0.4, -0.2) is 38.5 Å². The lowest BCUT2D eigenvalue weighted by atomic mass is 10.1. The SMILES string of the molecule is CNc1nc(CNCCCCCCNS(=O)(=O)c2cccc3ccccc23)nc2ccccc12. The lowest BCUT2D eigenvalue weighted by Crippen LogP contribution is -2.25. The highest BCUT2D eigenvalue weighted by atomic mass is 32.2. The third kappa shape index (κ3) is 5.88. The van der Waals surface area contributed by atoms with Crippen LogP contribution < -0.4 is 15.4 Å². The van der Waals surface area contributed by atoms with Crippen molar-refractivity contribution in [1.82, 2.24) is 20.0 Å². The van der Waals surface area contributed by atoms with Crippen molar-refractivity contribution in [3.8, 4) is 0 Å². The number of hydrogen-bond donors (Lipinski definition) is 3. The topological polar surface area (TPSA) is 96.0 Å². The van der Waals surface area contributed by atoms with Gasteiger partial charge in [-0.05, 0) is 43.0 Å². The van der Waals surface area contributed by atoms with Crippen molar-refractivity contribution in [1.29, 1.82) is 0 Å². The number of sulfonamides is 1. The van der Waals surface area contributed by atoms with Crippen LogP contribution in [0.25, 0.3) is 21.7 Å². The molecule has 1 aromatic heterocycles. The van der Waals surface area contributed by atoms with Gasteiger partial charge < -0.3 is 10.6 Å². The molecule has 3 N–H and O–H groups in total. The zero-order chi connectivity index (χ0) is 23.8. The molecule has 0 bridgehead atoms. The summed E-state index contributed by atoms with van der Waals surface area (Å²) in [5, 5.41) is 9.24. The summed E-state index contributed by atoms with van der Waals surface area (Å²) in [5.41, 5.74) is 0.935. The summed E-state index contributed by atoms with van der Waals surface area (Å²) in [7, 11) is -1.65. The van der Waals surface area contributed by atoms with Crippen LogP contribution in [0.4, 0.5) is 5.82 Å². The predicted molar refractivity (Wildman–Crippen MR) is 138 cm³/mol. The number of aromatic nitrogens is 2. The third-order valence-corrected chi connectivity index (χ3v) is 7.30. The lowest BCUT2D eigenvalue weighted by molar-refractivity contribution is 0.562. The zero-order valence-electron chi connectivity index (χ0n) is 19.4. The fourth-order valence-corrected chi connectivity index (χ4v) is 5.34. The predicted octanol–water partition coefficient (Wildman–Crippen LogP) is 4.45. The van der Waals surface area contributed by atoms with Gasteiger partial charge in [0.1, 0.15) is 11.6 Å². The number of para-hydroxylation sites is 1. The van der Waals surface area contributed by atoms with E-state index in [0.29, 0.717) is 18.0 Å². The van der Waals surface area contributed by atoms with Crippen LogP contribution >= 0.6 is 0 Å². The molecule has 0 spiro atoms. The van der Waals surface area contributed by atoms with Crippen molar-refractivity contribution >= 4 is 37.5 Å². The minimum absolute atomic E-state index is 0.340. The van der Waals surface area contributed by atoms with Gasteiger partial charge in [0.05, 0.1) is 17.0 Å². The number of rotatable bonds is 12. The second kappa shape index (κ2) is 11.4. The summed E-state index contributed by atoms with van der Waals surface area (Å²) in [6, 6.07) is 20.9.